The second-order valence-corrected chi connectivity index (χ2v) is 7.81. The van der Waals surface area contributed by atoms with Crippen molar-refractivity contribution in [3.63, 3.8) is 0 Å². The Morgan fingerprint density at radius 1 is 1.28 bits per heavy atom. The first-order valence-corrected chi connectivity index (χ1v) is 10.1. The number of piperazine rings is 1. The van der Waals surface area contributed by atoms with Crippen molar-refractivity contribution >= 4 is 17.5 Å². The minimum absolute atomic E-state index is 0.142. The van der Waals surface area contributed by atoms with E-state index in [4.69, 9.17) is 0 Å². The topological polar surface area (TPSA) is 81.6 Å². The number of aliphatic hydroxyl groups is 1. The Bertz CT molecular complexity index is 858. The third-order valence-electron chi connectivity index (χ3n) is 5.55. The molecule has 7 nitrogen and oxygen atoms in total. The highest BCUT2D eigenvalue weighted by atomic mass is 19.1. The van der Waals surface area contributed by atoms with E-state index in [9.17, 15) is 14.3 Å². The van der Waals surface area contributed by atoms with Crippen LogP contribution in [0.5, 0.6) is 0 Å². The number of nitrogens with zero attached hydrogens (tertiary/aromatic N) is 4. The summed E-state index contributed by atoms with van der Waals surface area (Å²) >= 11 is 0. The van der Waals surface area contributed by atoms with Crippen LogP contribution in [-0.2, 0) is 4.79 Å². The molecule has 2 fully saturated rings. The van der Waals surface area contributed by atoms with Crippen molar-refractivity contribution in [3.05, 3.63) is 48.0 Å². The molecule has 2 aromatic rings. The number of hydrogen-bond donors (Lipinski definition) is 2. The molecule has 0 spiro atoms. The summed E-state index contributed by atoms with van der Waals surface area (Å²) in [7, 11) is 0. The van der Waals surface area contributed by atoms with Gasteiger partial charge in [0.25, 0.3) is 0 Å². The van der Waals surface area contributed by atoms with E-state index in [1.807, 2.05) is 11.0 Å². The first-order valence-electron chi connectivity index (χ1n) is 10.1. The van der Waals surface area contributed by atoms with Crippen LogP contribution >= 0.6 is 0 Å². The van der Waals surface area contributed by atoms with Crippen molar-refractivity contribution in [2.75, 3.05) is 36.4 Å². The van der Waals surface area contributed by atoms with E-state index in [2.05, 4.69) is 27.1 Å². The van der Waals surface area contributed by atoms with E-state index in [-0.39, 0.29) is 30.2 Å². The Balaban J connectivity index is 1.35. The summed E-state index contributed by atoms with van der Waals surface area (Å²) in [4.78, 5) is 25.1. The van der Waals surface area contributed by atoms with Crippen molar-refractivity contribution in [2.45, 2.75) is 31.9 Å². The highest BCUT2D eigenvalue weighted by Crippen LogP contribution is 2.32. The Labute approximate surface area is 169 Å². The lowest BCUT2D eigenvalue weighted by Gasteiger charge is -2.40. The second-order valence-electron chi connectivity index (χ2n) is 7.81. The van der Waals surface area contributed by atoms with E-state index in [1.54, 1.807) is 12.1 Å². The van der Waals surface area contributed by atoms with Crippen molar-refractivity contribution in [1.82, 2.24) is 14.9 Å². The maximum Gasteiger partial charge on any atom is 0.226 e. The van der Waals surface area contributed by atoms with Gasteiger partial charge in [0.1, 0.15) is 23.8 Å². The number of hydrogen-bond acceptors (Lipinski definition) is 6. The molecular formula is C21H26FN5O2. The highest BCUT2D eigenvalue weighted by Gasteiger charge is 2.37. The zero-order valence-corrected chi connectivity index (χ0v) is 16.5. The van der Waals surface area contributed by atoms with Gasteiger partial charge < -0.3 is 20.2 Å². The molecule has 1 aliphatic heterocycles. The summed E-state index contributed by atoms with van der Waals surface area (Å²) in [6.07, 6.45) is 2.77. The molecule has 4 rings (SSSR count). The summed E-state index contributed by atoms with van der Waals surface area (Å²) in [5.41, 5.74) is 0.637. The number of amides is 1. The molecule has 1 saturated carbocycles. The summed E-state index contributed by atoms with van der Waals surface area (Å²) in [6.45, 7) is 4.49. The molecule has 1 saturated heterocycles. The van der Waals surface area contributed by atoms with Gasteiger partial charge in [0.15, 0.2) is 0 Å². The minimum Gasteiger partial charge on any atom is -0.387 e. The standard InChI is InChI=1S/C21H26FN5O2/c1-14-12-26(8-9-27(14)21(29)16-2-3-16)20-10-19(24-13-25-20)23-11-18(28)15-4-6-17(22)7-5-15/h4-7,10,13-14,16,18,28H,2-3,8-9,11-12H2,1H3,(H,23,24,25). The predicted molar refractivity (Wildman–Crippen MR) is 108 cm³/mol. The van der Waals surface area contributed by atoms with Crippen LogP contribution in [0.3, 0.4) is 0 Å². The minimum atomic E-state index is -0.772. The monoisotopic (exact) mass is 399 g/mol. The molecule has 1 aromatic heterocycles. The van der Waals surface area contributed by atoms with Crippen LogP contribution in [0.15, 0.2) is 36.7 Å². The van der Waals surface area contributed by atoms with Crippen LogP contribution in [-0.4, -0.2) is 58.1 Å². The molecule has 1 aromatic carbocycles. The van der Waals surface area contributed by atoms with E-state index in [0.29, 0.717) is 17.9 Å². The number of carbonyl (C=O) groups is 1. The quantitative estimate of drug-likeness (QED) is 0.775. The number of aliphatic hydroxyl groups excluding tert-OH is 1. The van der Waals surface area contributed by atoms with E-state index in [0.717, 1.165) is 31.7 Å². The molecule has 0 bridgehead atoms. The first kappa shape index (κ1) is 19.6. The average molecular weight is 399 g/mol. The van der Waals surface area contributed by atoms with Crippen molar-refractivity contribution < 1.29 is 14.3 Å². The molecule has 1 amide bonds. The van der Waals surface area contributed by atoms with Crippen molar-refractivity contribution in [3.8, 4) is 0 Å². The number of rotatable bonds is 6. The van der Waals surface area contributed by atoms with E-state index < -0.39 is 6.10 Å². The number of anilines is 2. The molecule has 8 heteroatoms. The third kappa shape index (κ3) is 4.64. The van der Waals surface area contributed by atoms with Gasteiger partial charge >= 0.3 is 0 Å². The van der Waals surface area contributed by atoms with Gasteiger partial charge in [-0.05, 0) is 37.5 Å². The normalized spacial score (nSPS) is 20.4. The molecule has 2 unspecified atom stereocenters. The molecule has 2 N–H and O–H groups in total. The van der Waals surface area contributed by atoms with Crippen LogP contribution < -0.4 is 10.2 Å². The fraction of sp³-hybridized carbons (Fsp3) is 0.476. The van der Waals surface area contributed by atoms with Gasteiger partial charge in [-0.2, -0.15) is 0 Å². The molecule has 154 valence electrons. The van der Waals surface area contributed by atoms with Gasteiger partial charge in [-0.15, -0.1) is 0 Å². The van der Waals surface area contributed by atoms with Crippen LogP contribution in [0.4, 0.5) is 16.0 Å². The smallest absolute Gasteiger partial charge is 0.226 e. The molecule has 1 aliphatic carbocycles. The number of aromatic nitrogens is 2. The van der Waals surface area contributed by atoms with E-state index >= 15 is 0 Å². The van der Waals surface area contributed by atoms with Crippen LogP contribution in [0, 0.1) is 11.7 Å². The second kappa shape index (κ2) is 8.32. The fourth-order valence-corrected chi connectivity index (χ4v) is 3.68. The molecule has 0 radical (unpaired) electrons. The third-order valence-corrected chi connectivity index (χ3v) is 5.55. The summed E-state index contributed by atoms with van der Waals surface area (Å²) in [5, 5.41) is 13.4. The van der Waals surface area contributed by atoms with Crippen LogP contribution in [0.25, 0.3) is 0 Å². The zero-order valence-electron chi connectivity index (χ0n) is 16.5. The van der Waals surface area contributed by atoms with Gasteiger partial charge in [0, 0.05) is 44.2 Å². The van der Waals surface area contributed by atoms with Gasteiger partial charge in [-0.3, -0.25) is 4.79 Å². The Hall–Kier alpha value is -2.74. The number of carbonyl (C=O) groups excluding carboxylic acids is 1. The lowest BCUT2D eigenvalue weighted by molar-refractivity contribution is -0.134. The molecule has 2 heterocycles. The van der Waals surface area contributed by atoms with Crippen LogP contribution in [0.2, 0.25) is 0 Å². The van der Waals surface area contributed by atoms with Gasteiger partial charge in [0.05, 0.1) is 6.10 Å². The summed E-state index contributed by atoms with van der Waals surface area (Å²) < 4.78 is 13.0. The lowest BCUT2D eigenvalue weighted by Crippen LogP contribution is -2.54. The summed E-state index contributed by atoms with van der Waals surface area (Å²) in [5.74, 6) is 1.61. The Morgan fingerprint density at radius 2 is 2.03 bits per heavy atom. The lowest BCUT2D eigenvalue weighted by atomic mass is 10.1. The van der Waals surface area contributed by atoms with E-state index in [1.165, 1.54) is 18.5 Å². The number of nitrogens with one attached hydrogen (secondary N) is 1. The highest BCUT2D eigenvalue weighted by molar-refractivity contribution is 5.81. The molecule has 2 atom stereocenters. The maximum atomic E-state index is 13.0. The number of halogens is 1. The maximum absolute atomic E-state index is 13.0. The largest absolute Gasteiger partial charge is 0.387 e. The van der Waals surface area contributed by atoms with Gasteiger partial charge in [0.2, 0.25) is 5.91 Å². The molecular weight excluding hydrogens is 373 g/mol. The first-order chi connectivity index (χ1) is 14.0. The number of benzene rings is 1. The average Bonchev–Trinajstić information content (AvgIpc) is 3.58. The Kier molecular flexibility index (Phi) is 5.62. The SMILES string of the molecule is CC1CN(c2cc(NCC(O)c3ccc(F)cc3)ncn2)CCN1C(=O)C1CC1. The van der Waals surface area contributed by atoms with Crippen molar-refractivity contribution in [2.24, 2.45) is 5.92 Å². The van der Waals surface area contributed by atoms with Crippen molar-refractivity contribution in [1.29, 1.82) is 0 Å². The van der Waals surface area contributed by atoms with Gasteiger partial charge in [-0.25, -0.2) is 14.4 Å². The van der Waals surface area contributed by atoms with Crippen LogP contribution in [0.1, 0.15) is 31.4 Å². The van der Waals surface area contributed by atoms with Gasteiger partial charge in [-0.1, -0.05) is 12.1 Å². The summed E-state index contributed by atoms with van der Waals surface area (Å²) in [6, 6.07) is 7.78. The molecule has 2 aliphatic rings. The zero-order chi connectivity index (χ0) is 20.4. The Morgan fingerprint density at radius 3 is 2.72 bits per heavy atom. The predicted octanol–water partition coefficient (Wildman–Crippen LogP) is 2.21. The fourth-order valence-electron chi connectivity index (χ4n) is 3.68. The molecule has 29 heavy (non-hydrogen) atoms.